The van der Waals surface area contributed by atoms with Gasteiger partial charge in [-0.25, -0.2) is 0 Å². The summed E-state index contributed by atoms with van der Waals surface area (Å²) in [6.45, 7) is 11.8. The zero-order valence-electron chi connectivity index (χ0n) is 10.7. The largest absolute Gasteiger partial charge is 0.376 e. The van der Waals surface area contributed by atoms with Crippen LogP contribution in [0.5, 0.6) is 0 Å². The van der Waals surface area contributed by atoms with Crippen LogP contribution in [0, 0.1) is 5.92 Å². The molecule has 0 aliphatic heterocycles. The van der Waals surface area contributed by atoms with Crippen LogP contribution in [0.4, 0.5) is 0 Å². The molecule has 1 atom stereocenters. The lowest BCUT2D eigenvalue weighted by Crippen LogP contribution is -2.22. The molecular formula is C13H28O. The molecule has 0 aliphatic carbocycles. The summed E-state index contributed by atoms with van der Waals surface area (Å²) in [6, 6.07) is 0. The van der Waals surface area contributed by atoms with E-state index in [-0.39, 0.29) is 5.60 Å². The van der Waals surface area contributed by atoms with Crippen molar-refractivity contribution in [1.29, 1.82) is 0 Å². The first-order valence-electron chi connectivity index (χ1n) is 6.09. The summed E-state index contributed by atoms with van der Waals surface area (Å²) < 4.78 is 5.75. The quantitative estimate of drug-likeness (QED) is 0.553. The van der Waals surface area contributed by atoms with Crippen molar-refractivity contribution in [2.45, 2.75) is 72.3 Å². The van der Waals surface area contributed by atoms with Crippen molar-refractivity contribution in [3.63, 3.8) is 0 Å². The third-order valence-electron chi connectivity index (χ3n) is 2.35. The van der Waals surface area contributed by atoms with E-state index in [2.05, 4.69) is 34.6 Å². The second kappa shape index (κ2) is 7.28. The van der Waals surface area contributed by atoms with Crippen molar-refractivity contribution in [2.75, 3.05) is 6.61 Å². The Morgan fingerprint density at radius 1 is 1.07 bits per heavy atom. The van der Waals surface area contributed by atoms with E-state index in [1.807, 2.05) is 0 Å². The van der Waals surface area contributed by atoms with Gasteiger partial charge in [0.15, 0.2) is 0 Å². The van der Waals surface area contributed by atoms with Gasteiger partial charge in [-0.15, -0.1) is 0 Å². The average Bonchev–Trinajstić information content (AvgIpc) is 2.08. The van der Waals surface area contributed by atoms with E-state index in [4.69, 9.17) is 4.74 Å². The molecular weight excluding hydrogens is 172 g/mol. The highest BCUT2D eigenvalue weighted by Crippen LogP contribution is 2.14. The second-order valence-corrected chi connectivity index (χ2v) is 5.38. The minimum absolute atomic E-state index is 0.0255. The first kappa shape index (κ1) is 14.0. The summed E-state index contributed by atoms with van der Waals surface area (Å²) in [7, 11) is 0. The predicted molar refractivity (Wildman–Crippen MR) is 63.6 cm³/mol. The molecule has 0 saturated heterocycles. The molecule has 86 valence electrons. The molecule has 0 rings (SSSR count). The highest BCUT2D eigenvalue weighted by atomic mass is 16.5. The van der Waals surface area contributed by atoms with Gasteiger partial charge in [0.1, 0.15) is 0 Å². The van der Waals surface area contributed by atoms with Gasteiger partial charge in [-0.3, -0.25) is 0 Å². The minimum atomic E-state index is 0.0255. The van der Waals surface area contributed by atoms with E-state index >= 15 is 0 Å². The molecule has 0 saturated carbocycles. The summed E-state index contributed by atoms with van der Waals surface area (Å²) in [5.74, 6) is 0.714. The van der Waals surface area contributed by atoms with Crippen molar-refractivity contribution in [3.05, 3.63) is 0 Å². The van der Waals surface area contributed by atoms with Gasteiger partial charge < -0.3 is 4.74 Å². The van der Waals surface area contributed by atoms with Crippen LogP contribution in [0.25, 0.3) is 0 Å². The van der Waals surface area contributed by atoms with E-state index in [1.54, 1.807) is 0 Å². The Morgan fingerprint density at radius 2 is 1.71 bits per heavy atom. The van der Waals surface area contributed by atoms with Gasteiger partial charge in [-0.2, -0.15) is 0 Å². The minimum Gasteiger partial charge on any atom is -0.376 e. The fourth-order valence-corrected chi connectivity index (χ4v) is 1.40. The van der Waals surface area contributed by atoms with Crippen LogP contribution in [0.2, 0.25) is 0 Å². The first-order chi connectivity index (χ1) is 6.45. The summed E-state index contributed by atoms with van der Waals surface area (Å²) >= 11 is 0. The van der Waals surface area contributed by atoms with Gasteiger partial charge in [0.05, 0.1) is 5.60 Å². The summed E-state index contributed by atoms with van der Waals surface area (Å²) in [5.41, 5.74) is 0.0255. The molecule has 0 N–H and O–H groups in total. The molecule has 0 spiro atoms. The monoisotopic (exact) mass is 200 g/mol. The van der Waals surface area contributed by atoms with E-state index in [9.17, 15) is 0 Å². The normalized spacial score (nSPS) is 14.4. The van der Waals surface area contributed by atoms with Crippen LogP contribution in [0.1, 0.15) is 66.7 Å². The van der Waals surface area contributed by atoms with Gasteiger partial charge in [-0.05, 0) is 33.1 Å². The molecule has 0 aromatic carbocycles. The molecule has 1 heteroatoms. The Labute approximate surface area is 90.2 Å². The Hall–Kier alpha value is -0.0400. The van der Waals surface area contributed by atoms with Gasteiger partial charge in [-0.1, -0.05) is 39.5 Å². The molecule has 0 aromatic rings. The topological polar surface area (TPSA) is 9.23 Å². The number of hydrogen-bond acceptors (Lipinski definition) is 1. The highest BCUT2D eigenvalue weighted by molar-refractivity contribution is 4.61. The van der Waals surface area contributed by atoms with Crippen LogP contribution < -0.4 is 0 Å². The van der Waals surface area contributed by atoms with Crippen LogP contribution in [-0.4, -0.2) is 12.2 Å². The summed E-state index contributed by atoms with van der Waals surface area (Å²) in [6.07, 6.45) is 6.77. The van der Waals surface area contributed by atoms with Gasteiger partial charge in [0.2, 0.25) is 0 Å². The standard InChI is InChI=1S/C13H28O/c1-6-7-8-9-10-12(2)11-14-13(3,4)5/h12H,6-11H2,1-5H3. The van der Waals surface area contributed by atoms with Gasteiger partial charge in [0, 0.05) is 6.61 Å². The summed E-state index contributed by atoms with van der Waals surface area (Å²) in [4.78, 5) is 0. The van der Waals surface area contributed by atoms with E-state index < -0.39 is 0 Å². The van der Waals surface area contributed by atoms with E-state index in [0.717, 1.165) is 6.61 Å². The van der Waals surface area contributed by atoms with Crippen molar-refractivity contribution < 1.29 is 4.74 Å². The molecule has 1 nitrogen and oxygen atoms in total. The molecule has 0 aliphatic rings. The predicted octanol–water partition coefficient (Wildman–Crippen LogP) is 4.41. The maximum Gasteiger partial charge on any atom is 0.0598 e. The third kappa shape index (κ3) is 10.0. The molecule has 14 heavy (non-hydrogen) atoms. The Kier molecular flexibility index (Phi) is 7.26. The molecule has 0 radical (unpaired) electrons. The van der Waals surface area contributed by atoms with Crippen LogP contribution in [0.15, 0.2) is 0 Å². The van der Waals surface area contributed by atoms with Crippen LogP contribution >= 0.6 is 0 Å². The molecule has 0 heterocycles. The van der Waals surface area contributed by atoms with Crippen LogP contribution in [-0.2, 0) is 4.74 Å². The molecule has 0 bridgehead atoms. The number of rotatable bonds is 7. The number of ether oxygens (including phenoxy) is 1. The lowest BCUT2D eigenvalue weighted by Gasteiger charge is -2.22. The third-order valence-corrected chi connectivity index (χ3v) is 2.35. The lowest BCUT2D eigenvalue weighted by atomic mass is 10.0. The molecule has 0 fully saturated rings. The highest BCUT2D eigenvalue weighted by Gasteiger charge is 2.12. The first-order valence-corrected chi connectivity index (χ1v) is 6.09. The lowest BCUT2D eigenvalue weighted by molar-refractivity contribution is -0.0208. The van der Waals surface area contributed by atoms with Crippen molar-refractivity contribution >= 4 is 0 Å². The maximum absolute atomic E-state index is 5.75. The fourth-order valence-electron chi connectivity index (χ4n) is 1.40. The molecule has 0 amide bonds. The summed E-state index contributed by atoms with van der Waals surface area (Å²) in [5, 5.41) is 0. The molecule has 1 unspecified atom stereocenters. The smallest absolute Gasteiger partial charge is 0.0598 e. The SMILES string of the molecule is CCCCCCC(C)COC(C)(C)C. The van der Waals surface area contributed by atoms with Gasteiger partial charge in [0.25, 0.3) is 0 Å². The average molecular weight is 200 g/mol. The van der Waals surface area contributed by atoms with Gasteiger partial charge >= 0.3 is 0 Å². The Morgan fingerprint density at radius 3 is 2.21 bits per heavy atom. The molecule has 0 aromatic heterocycles. The van der Waals surface area contributed by atoms with Crippen molar-refractivity contribution in [2.24, 2.45) is 5.92 Å². The van der Waals surface area contributed by atoms with Crippen LogP contribution in [0.3, 0.4) is 0 Å². The van der Waals surface area contributed by atoms with E-state index in [0.29, 0.717) is 5.92 Å². The number of hydrogen-bond donors (Lipinski definition) is 0. The van der Waals surface area contributed by atoms with Crippen molar-refractivity contribution in [3.8, 4) is 0 Å². The Balaban J connectivity index is 3.32. The maximum atomic E-state index is 5.75. The zero-order chi connectivity index (χ0) is 11.0. The Bertz CT molecular complexity index is 124. The second-order valence-electron chi connectivity index (χ2n) is 5.38. The number of unbranched alkanes of at least 4 members (excludes halogenated alkanes) is 3. The fraction of sp³-hybridized carbons (Fsp3) is 1.00. The van der Waals surface area contributed by atoms with Crippen molar-refractivity contribution in [1.82, 2.24) is 0 Å². The zero-order valence-corrected chi connectivity index (χ0v) is 10.7. The van der Waals surface area contributed by atoms with E-state index in [1.165, 1.54) is 32.1 Å².